The van der Waals surface area contributed by atoms with Crippen molar-refractivity contribution in [1.82, 2.24) is 10.3 Å². The molecule has 0 amide bonds. The van der Waals surface area contributed by atoms with E-state index < -0.39 is 0 Å². The Bertz CT molecular complexity index is 537. The van der Waals surface area contributed by atoms with E-state index in [2.05, 4.69) is 35.4 Å². The third-order valence-corrected chi connectivity index (χ3v) is 2.93. The maximum absolute atomic E-state index is 5.78. The van der Waals surface area contributed by atoms with Crippen molar-refractivity contribution in [3.8, 4) is 5.88 Å². The topological polar surface area (TPSA) is 34.2 Å². The Kier molecular flexibility index (Phi) is 4.74. The molecule has 1 N–H and O–H groups in total. The first kappa shape index (κ1) is 13.8. The molecule has 3 nitrogen and oxygen atoms in total. The number of hydrogen-bond donors (Lipinski definition) is 1. The zero-order valence-electron chi connectivity index (χ0n) is 11.9. The first-order valence-electron chi connectivity index (χ1n) is 6.96. The molecule has 19 heavy (non-hydrogen) atoms. The van der Waals surface area contributed by atoms with E-state index in [4.69, 9.17) is 4.74 Å². The number of pyridine rings is 1. The molecular weight excluding hydrogens is 236 g/mol. The van der Waals surface area contributed by atoms with Crippen LogP contribution in [0.15, 0.2) is 30.5 Å². The summed E-state index contributed by atoms with van der Waals surface area (Å²) in [5.41, 5.74) is 1.22. The zero-order valence-corrected chi connectivity index (χ0v) is 11.9. The summed E-state index contributed by atoms with van der Waals surface area (Å²) in [6.45, 7) is 8.09. The van der Waals surface area contributed by atoms with E-state index >= 15 is 0 Å². The maximum atomic E-state index is 5.78. The van der Waals surface area contributed by atoms with Crippen molar-refractivity contribution in [3.05, 3.63) is 36.0 Å². The highest BCUT2D eigenvalue weighted by Crippen LogP contribution is 2.26. The van der Waals surface area contributed by atoms with E-state index in [1.54, 1.807) is 0 Å². The Morgan fingerprint density at radius 2 is 1.95 bits per heavy atom. The molecule has 0 saturated heterocycles. The van der Waals surface area contributed by atoms with Gasteiger partial charge in [0.05, 0.1) is 6.10 Å². The summed E-state index contributed by atoms with van der Waals surface area (Å²) >= 11 is 0. The van der Waals surface area contributed by atoms with Gasteiger partial charge in [0.1, 0.15) is 0 Å². The largest absolute Gasteiger partial charge is 0.475 e. The first-order chi connectivity index (χ1) is 9.22. The second-order valence-electron chi connectivity index (χ2n) is 4.98. The molecular formula is C16H22N2O. The van der Waals surface area contributed by atoms with E-state index in [0.29, 0.717) is 0 Å². The summed E-state index contributed by atoms with van der Waals surface area (Å²) in [5, 5.41) is 5.73. The van der Waals surface area contributed by atoms with E-state index in [-0.39, 0.29) is 6.10 Å². The van der Waals surface area contributed by atoms with Crippen molar-refractivity contribution in [2.24, 2.45) is 0 Å². The number of ether oxygens (including phenoxy) is 1. The summed E-state index contributed by atoms with van der Waals surface area (Å²) < 4.78 is 5.78. The molecule has 3 heteroatoms. The Labute approximate surface area is 115 Å². The maximum Gasteiger partial charge on any atom is 0.221 e. The van der Waals surface area contributed by atoms with Crippen molar-refractivity contribution in [2.45, 2.75) is 39.8 Å². The number of rotatable bonds is 6. The molecule has 1 aromatic heterocycles. The Hall–Kier alpha value is -1.61. The van der Waals surface area contributed by atoms with Crippen LogP contribution < -0.4 is 10.1 Å². The molecule has 0 radical (unpaired) electrons. The highest BCUT2D eigenvalue weighted by Gasteiger charge is 2.09. The van der Waals surface area contributed by atoms with Gasteiger partial charge in [0.2, 0.25) is 5.88 Å². The lowest BCUT2D eigenvalue weighted by molar-refractivity contribution is 0.236. The summed E-state index contributed by atoms with van der Waals surface area (Å²) in [6.07, 6.45) is 3.20. The van der Waals surface area contributed by atoms with Crippen molar-refractivity contribution in [3.63, 3.8) is 0 Å². The van der Waals surface area contributed by atoms with Gasteiger partial charge in [-0.05, 0) is 43.8 Å². The molecule has 2 rings (SSSR count). The van der Waals surface area contributed by atoms with Gasteiger partial charge < -0.3 is 10.1 Å². The molecule has 2 aromatic rings. The van der Waals surface area contributed by atoms with Crippen LogP contribution in [0.2, 0.25) is 0 Å². The fraction of sp³-hybridized carbons (Fsp3) is 0.438. The lowest BCUT2D eigenvalue weighted by atomic mass is 10.1. The standard InChI is InChI=1S/C16H22N2O/c1-4-9-17-10-13-11-18-16(19-12(2)3)15-8-6-5-7-14(13)15/h5-8,11-12,17H,4,9-10H2,1-3H3. The Morgan fingerprint density at radius 3 is 2.63 bits per heavy atom. The fourth-order valence-electron chi connectivity index (χ4n) is 2.08. The van der Waals surface area contributed by atoms with Crippen molar-refractivity contribution < 1.29 is 4.74 Å². The highest BCUT2D eigenvalue weighted by atomic mass is 16.5. The van der Waals surface area contributed by atoms with E-state index in [0.717, 1.165) is 30.8 Å². The van der Waals surface area contributed by atoms with Crippen LogP contribution in [0.3, 0.4) is 0 Å². The monoisotopic (exact) mass is 258 g/mol. The predicted molar refractivity (Wildman–Crippen MR) is 79.5 cm³/mol. The summed E-state index contributed by atoms with van der Waals surface area (Å²) in [4.78, 5) is 4.46. The minimum atomic E-state index is 0.139. The van der Waals surface area contributed by atoms with Crippen LogP contribution in [0, 0.1) is 0 Å². The lowest BCUT2D eigenvalue weighted by Gasteiger charge is -2.13. The molecule has 102 valence electrons. The average molecular weight is 258 g/mol. The number of aromatic nitrogens is 1. The molecule has 1 heterocycles. The van der Waals surface area contributed by atoms with Gasteiger partial charge in [-0.3, -0.25) is 0 Å². The predicted octanol–water partition coefficient (Wildman–Crippen LogP) is 3.52. The zero-order chi connectivity index (χ0) is 13.7. The van der Waals surface area contributed by atoms with Gasteiger partial charge in [-0.1, -0.05) is 25.1 Å². The van der Waals surface area contributed by atoms with Gasteiger partial charge >= 0.3 is 0 Å². The van der Waals surface area contributed by atoms with Crippen LogP contribution in [0.5, 0.6) is 5.88 Å². The minimum absolute atomic E-state index is 0.139. The average Bonchev–Trinajstić information content (AvgIpc) is 2.41. The molecule has 0 bridgehead atoms. The summed E-state index contributed by atoms with van der Waals surface area (Å²) in [5.74, 6) is 0.727. The van der Waals surface area contributed by atoms with Gasteiger partial charge in [0, 0.05) is 18.1 Å². The van der Waals surface area contributed by atoms with E-state index in [1.165, 1.54) is 10.9 Å². The van der Waals surface area contributed by atoms with E-state index in [1.807, 2.05) is 26.1 Å². The van der Waals surface area contributed by atoms with Crippen molar-refractivity contribution in [1.29, 1.82) is 0 Å². The molecule has 0 atom stereocenters. The Balaban J connectivity index is 2.34. The number of fused-ring (bicyclic) bond motifs is 1. The van der Waals surface area contributed by atoms with Crippen LogP contribution in [0.4, 0.5) is 0 Å². The number of nitrogens with one attached hydrogen (secondary N) is 1. The lowest BCUT2D eigenvalue weighted by Crippen LogP contribution is -2.14. The highest BCUT2D eigenvalue weighted by molar-refractivity contribution is 5.89. The second kappa shape index (κ2) is 6.53. The molecule has 0 fully saturated rings. The second-order valence-corrected chi connectivity index (χ2v) is 4.98. The quantitative estimate of drug-likeness (QED) is 0.805. The van der Waals surface area contributed by atoms with Gasteiger partial charge in [0.15, 0.2) is 0 Å². The van der Waals surface area contributed by atoms with Gasteiger partial charge in [-0.2, -0.15) is 0 Å². The van der Waals surface area contributed by atoms with Crippen LogP contribution in [-0.2, 0) is 6.54 Å². The molecule has 0 aliphatic heterocycles. The molecule has 0 aliphatic carbocycles. The smallest absolute Gasteiger partial charge is 0.221 e. The van der Waals surface area contributed by atoms with Gasteiger partial charge in [0.25, 0.3) is 0 Å². The molecule has 0 spiro atoms. The summed E-state index contributed by atoms with van der Waals surface area (Å²) in [6, 6.07) is 8.29. The third kappa shape index (κ3) is 3.44. The molecule has 1 aromatic carbocycles. The molecule has 0 saturated carbocycles. The third-order valence-electron chi connectivity index (χ3n) is 2.93. The number of benzene rings is 1. The van der Waals surface area contributed by atoms with Crippen LogP contribution in [0.25, 0.3) is 10.8 Å². The molecule has 0 aliphatic rings. The van der Waals surface area contributed by atoms with Gasteiger partial charge in [-0.25, -0.2) is 4.98 Å². The van der Waals surface area contributed by atoms with Gasteiger partial charge in [-0.15, -0.1) is 0 Å². The van der Waals surface area contributed by atoms with Crippen molar-refractivity contribution in [2.75, 3.05) is 6.54 Å². The Morgan fingerprint density at radius 1 is 1.21 bits per heavy atom. The number of nitrogens with zero attached hydrogens (tertiary/aromatic N) is 1. The first-order valence-corrected chi connectivity index (χ1v) is 6.96. The minimum Gasteiger partial charge on any atom is -0.475 e. The normalized spacial score (nSPS) is 11.2. The SMILES string of the molecule is CCCNCc1cnc(OC(C)C)c2ccccc12. The van der Waals surface area contributed by atoms with Crippen molar-refractivity contribution >= 4 is 10.8 Å². The van der Waals surface area contributed by atoms with Crippen LogP contribution in [-0.4, -0.2) is 17.6 Å². The molecule has 0 unspecified atom stereocenters. The number of hydrogen-bond acceptors (Lipinski definition) is 3. The van der Waals surface area contributed by atoms with Crippen LogP contribution in [0.1, 0.15) is 32.8 Å². The van der Waals surface area contributed by atoms with E-state index in [9.17, 15) is 0 Å². The summed E-state index contributed by atoms with van der Waals surface area (Å²) in [7, 11) is 0. The van der Waals surface area contributed by atoms with Crippen LogP contribution >= 0.6 is 0 Å². The fourth-order valence-corrected chi connectivity index (χ4v) is 2.08.